The number of carbonyl (C=O) groups excluding carboxylic acids is 1. The van der Waals surface area contributed by atoms with Crippen molar-refractivity contribution in [2.45, 2.75) is 25.4 Å². The monoisotopic (exact) mass is 281 g/mol. The standard InChI is InChI=1S/C15H20ClNO2/c1-17(11-12-5-4-10-19-12)9-8-15(18)13-6-2-3-7-14(13)16/h2-3,6-7,12H,4-5,8-11H2,1H3. The molecule has 0 N–H and O–H groups in total. The van der Waals surface area contributed by atoms with Crippen LogP contribution in [0.1, 0.15) is 29.6 Å². The minimum Gasteiger partial charge on any atom is -0.377 e. The number of halogens is 1. The zero-order valence-corrected chi connectivity index (χ0v) is 12.0. The highest BCUT2D eigenvalue weighted by molar-refractivity contribution is 6.33. The Morgan fingerprint density at radius 3 is 2.95 bits per heavy atom. The molecular formula is C15H20ClNO2. The van der Waals surface area contributed by atoms with Crippen LogP contribution in [0.2, 0.25) is 5.02 Å². The quantitative estimate of drug-likeness (QED) is 0.751. The molecule has 1 unspecified atom stereocenters. The second-order valence-corrected chi connectivity index (χ2v) is 5.46. The van der Waals surface area contributed by atoms with Crippen molar-refractivity contribution < 1.29 is 9.53 Å². The van der Waals surface area contributed by atoms with Crippen LogP contribution in [0.5, 0.6) is 0 Å². The summed E-state index contributed by atoms with van der Waals surface area (Å²) in [5.41, 5.74) is 0.620. The van der Waals surface area contributed by atoms with Crippen molar-refractivity contribution in [3.63, 3.8) is 0 Å². The normalized spacial score (nSPS) is 19.0. The van der Waals surface area contributed by atoms with Gasteiger partial charge >= 0.3 is 0 Å². The Kier molecular flexibility index (Phi) is 5.37. The minimum absolute atomic E-state index is 0.102. The largest absolute Gasteiger partial charge is 0.377 e. The van der Waals surface area contributed by atoms with Crippen LogP contribution in [0.4, 0.5) is 0 Å². The van der Waals surface area contributed by atoms with E-state index < -0.39 is 0 Å². The zero-order chi connectivity index (χ0) is 13.7. The Balaban J connectivity index is 1.78. The Hall–Kier alpha value is -0.900. The summed E-state index contributed by atoms with van der Waals surface area (Å²) in [6, 6.07) is 7.22. The third-order valence-electron chi connectivity index (χ3n) is 3.43. The van der Waals surface area contributed by atoms with Crippen LogP contribution in [0.15, 0.2) is 24.3 Å². The van der Waals surface area contributed by atoms with Gasteiger partial charge in [-0.1, -0.05) is 23.7 Å². The number of Topliss-reactive ketones (excluding diaryl/α,β-unsaturated/α-hetero) is 1. The average Bonchev–Trinajstić information content (AvgIpc) is 2.89. The summed E-state index contributed by atoms with van der Waals surface area (Å²) in [4.78, 5) is 14.2. The zero-order valence-electron chi connectivity index (χ0n) is 11.3. The molecule has 1 aliphatic rings. The third-order valence-corrected chi connectivity index (χ3v) is 3.76. The lowest BCUT2D eigenvalue weighted by Crippen LogP contribution is -2.30. The van der Waals surface area contributed by atoms with Crippen LogP contribution < -0.4 is 0 Å². The van der Waals surface area contributed by atoms with Crippen molar-refractivity contribution in [2.24, 2.45) is 0 Å². The van der Waals surface area contributed by atoms with Crippen molar-refractivity contribution in [1.82, 2.24) is 4.90 Å². The minimum atomic E-state index is 0.102. The van der Waals surface area contributed by atoms with Gasteiger partial charge in [-0.15, -0.1) is 0 Å². The van der Waals surface area contributed by atoms with E-state index >= 15 is 0 Å². The molecule has 0 bridgehead atoms. The van der Waals surface area contributed by atoms with Crippen molar-refractivity contribution in [1.29, 1.82) is 0 Å². The maximum Gasteiger partial charge on any atom is 0.165 e. The lowest BCUT2D eigenvalue weighted by Gasteiger charge is -2.20. The fourth-order valence-corrected chi connectivity index (χ4v) is 2.58. The molecule has 1 saturated heterocycles. The van der Waals surface area contributed by atoms with Gasteiger partial charge in [-0.2, -0.15) is 0 Å². The molecule has 1 aromatic carbocycles. The second kappa shape index (κ2) is 7.04. The van der Waals surface area contributed by atoms with E-state index in [0.29, 0.717) is 23.1 Å². The molecule has 1 heterocycles. The van der Waals surface area contributed by atoms with E-state index in [1.54, 1.807) is 12.1 Å². The number of nitrogens with zero attached hydrogens (tertiary/aromatic N) is 1. The fourth-order valence-electron chi connectivity index (χ4n) is 2.34. The van der Waals surface area contributed by atoms with Gasteiger partial charge in [0.15, 0.2) is 5.78 Å². The number of hydrogen-bond donors (Lipinski definition) is 0. The second-order valence-electron chi connectivity index (χ2n) is 5.05. The summed E-state index contributed by atoms with van der Waals surface area (Å²) in [5.74, 6) is 0.102. The predicted octanol–water partition coefficient (Wildman–Crippen LogP) is 3.02. The maximum absolute atomic E-state index is 12.1. The van der Waals surface area contributed by atoms with Crippen LogP contribution >= 0.6 is 11.6 Å². The van der Waals surface area contributed by atoms with E-state index in [1.807, 2.05) is 19.2 Å². The van der Waals surface area contributed by atoms with Crippen LogP contribution in [0.25, 0.3) is 0 Å². The van der Waals surface area contributed by atoms with Crippen LogP contribution in [0.3, 0.4) is 0 Å². The number of ketones is 1. The van der Waals surface area contributed by atoms with Crippen molar-refractivity contribution >= 4 is 17.4 Å². The van der Waals surface area contributed by atoms with Gasteiger partial charge in [0, 0.05) is 31.7 Å². The molecule has 0 saturated carbocycles. The lowest BCUT2D eigenvalue weighted by molar-refractivity contribution is 0.0778. The molecule has 1 fully saturated rings. The number of carbonyl (C=O) groups is 1. The van der Waals surface area contributed by atoms with Crippen molar-refractivity contribution in [3.8, 4) is 0 Å². The van der Waals surface area contributed by atoms with Gasteiger partial charge in [-0.05, 0) is 32.0 Å². The van der Waals surface area contributed by atoms with E-state index in [9.17, 15) is 4.79 Å². The summed E-state index contributed by atoms with van der Waals surface area (Å²) in [5, 5.41) is 0.536. The highest BCUT2D eigenvalue weighted by Gasteiger charge is 2.18. The summed E-state index contributed by atoms with van der Waals surface area (Å²) in [6.45, 7) is 2.51. The van der Waals surface area contributed by atoms with E-state index in [4.69, 9.17) is 16.3 Å². The fraction of sp³-hybridized carbons (Fsp3) is 0.533. The van der Waals surface area contributed by atoms with Gasteiger partial charge < -0.3 is 9.64 Å². The van der Waals surface area contributed by atoms with Crippen LogP contribution in [-0.4, -0.2) is 43.5 Å². The van der Waals surface area contributed by atoms with Gasteiger partial charge in [0.1, 0.15) is 0 Å². The number of hydrogen-bond acceptors (Lipinski definition) is 3. The topological polar surface area (TPSA) is 29.5 Å². The Morgan fingerprint density at radius 1 is 1.47 bits per heavy atom. The van der Waals surface area contributed by atoms with Crippen LogP contribution in [0, 0.1) is 0 Å². The first kappa shape index (κ1) is 14.5. The molecule has 1 aromatic rings. The molecule has 0 aromatic heterocycles. The number of rotatable bonds is 6. The molecule has 0 spiro atoms. The molecule has 1 atom stereocenters. The van der Waals surface area contributed by atoms with Crippen LogP contribution in [-0.2, 0) is 4.74 Å². The highest BCUT2D eigenvalue weighted by Crippen LogP contribution is 2.17. The highest BCUT2D eigenvalue weighted by atomic mass is 35.5. The molecule has 2 rings (SSSR count). The molecule has 0 radical (unpaired) electrons. The molecule has 4 heteroatoms. The molecule has 0 amide bonds. The number of benzene rings is 1. The first-order valence-corrected chi connectivity index (χ1v) is 7.12. The number of likely N-dealkylation sites (N-methyl/N-ethyl adjacent to an activating group) is 1. The van der Waals surface area contributed by atoms with Gasteiger partial charge in [0.05, 0.1) is 11.1 Å². The van der Waals surface area contributed by atoms with Gasteiger partial charge in [-0.25, -0.2) is 0 Å². The van der Waals surface area contributed by atoms with Gasteiger partial charge in [-0.3, -0.25) is 4.79 Å². The molecule has 3 nitrogen and oxygen atoms in total. The van der Waals surface area contributed by atoms with Crippen molar-refractivity contribution in [2.75, 3.05) is 26.7 Å². The molecule has 0 aliphatic carbocycles. The predicted molar refractivity (Wildman–Crippen MR) is 76.9 cm³/mol. The third kappa shape index (κ3) is 4.30. The Bertz CT molecular complexity index is 430. The molecule has 104 valence electrons. The maximum atomic E-state index is 12.1. The smallest absolute Gasteiger partial charge is 0.165 e. The van der Waals surface area contributed by atoms with Crippen molar-refractivity contribution in [3.05, 3.63) is 34.9 Å². The van der Waals surface area contributed by atoms with E-state index in [-0.39, 0.29) is 5.78 Å². The average molecular weight is 282 g/mol. The summed E-state index contributed by atoms with van der Waals surface area (Å²) in [6.07, 6.45) is 3.10. The molecule has 1 aliphatic heterocycles. The van der Waals surface area contributed by atoms with Gasteiger partial charge in [0.2, 0.25) is 0 Å². The van der Waals surface area contributed by atoms with E-state index in [0.717, 1.165) is 32.5 Å². The van der Waals surface area contributed by atoms with E-state index in [2.05, 4.69) is 4.90 Å². The molecule has 19 heavy (non-hydrogen) atoms. The van der Waals surface area contributed by atoms with Gasteiger partial charge in [0.25, 0.3) is 0 Å². The summed E-state index contributed by atoms with van der Waals surface area (Å²) in [7, 11) is 2.03. The summed E-state index contributed by atoms with van der Waals surface area (Å²) < 4.78 is 5.59. The SMILES string of the molecule is CN(CCC(=O)c1ccccc1Cl)CC1CCCO1. The lowest BCUT2D eigenvalue weighted by atomic mass is 10.1. The first-order valence-electron chi connectivity index (χ1n) is 6.74. The number of ether oxygens (including phenoxy) is 1. The molecular weight excluding hydrogens is 262 g/mol. The summed E-state index contributed by atoms with van der Waals surface area (Å²) >= 11 is 6.02. The first-order chi connectivity index (χ1) is 9.16. The Labute approximate surface area is 119 Å². The Morgan fingerprint density at radius 2 is 2.26 bits per heavy atom. The van der Waals surface area contributed by atoms with E-state index in [1.165, 1.54) is 0 Å².